The Morgan fingerprint density at radius 1 is 1.04 bits per heavy atom. The minimum absolute atomic E-state index is 0. The molecule has 2 atom stereocenters. The maximum Gasteiger partial charge on any atom is 0.510 e. The van der Waals surface area contributed by atoms with Gasteiger partial charge in [-0.2, -0.15) is 50.6 Å². The molecule has 23 heteroatoms. The van der Waals surface area contributed by atoms with Gasteiger partial charge in [-0.15, -0.1) is 0 Å². The summed E-state index contributed by atoms with van der Waals surface area (Å²) in [6.07, 6.45) is -13.0. The number of amides is 1. The molecule has 0 spiro atoms. The lowest BCUT2D eigenvalue weighted by Gasteiger charge is -2.27. The Morgan fingerprint density at radius 2 is 1.69 bits per heavy atom. The van der Waals surface area contributed by atoms with Crippen molar-refractivity contribution in [2.75, 3.05) is 6.73 Å². The number of nitrogens with one attached hydrogen (secondary N) is 1. The number of carboxylic acids is 1. The second-order valence-corrected chi connectivity index (χ2v) is 12.6. The van der Waals surface area contributed by atoms with Gasteiger partial charge in [-0.25, -0.2) is 9.48 Å². The molecule has 298 valence electrons. The fourth-order valence-electron chi connectivity index (χ4n) is 5.55. The number of alkyl halides is 8. The monoisotopic (exact) mass is 812 g/mol. The molecule has 0 radical (unpaired) electrons. The van der Waals surface area contributed by atoms with Gasteiger partial charge >= 0.3 is 36.4 Å². The van der Waals surface area contributed by atoms with Crippen LogP contribution in [0, 0.1) is 11.3 Å². The summed E-state index contributed by atoms with van der Waals surface area (Å²) >= 11 is 6.30. The number of nitriles is 1. The van der Waals surface area contributed by atoms with Crippen molar-refractivity contribution in [1.82, 2.24) is 24.9 Å². The third-order valence-electron chi connectivity index (χ3n) is 8.50. The predicted molar refractivity (Wildman–Crippen MR) is 168 cm³/mol. The topological polar surface area (TPSA) is 190 Å². The summed E-state index contributed by atoms with van der Waals surface area (Å²) in [5.74, 6) is -10.4. The number of H-pyrrole nitrogens is 1. The van der Waals surface area contributed by atoms with Gasteiger partial charge in [0.15, 0.2) is 12.5 Å². The van der Waals surface area contributed by atoms with Gasteiger partial charge in [-0.1, -0.05) is 25.1 Å². The van der Waals surface area contributed by atoms with Crippen molar-refractivity contribution in [1.29, 1.82) is 5.26 Å². The number of hydrogen-bond donors (Lipinski definition) is 2. The zero-order chi connectivity index (χ0) is 39.8. The summed E-state index contributed by atoms with van der Waals surface area (Å²) in [7, 11) is 0. The van der Waals surface area contributed by atoms with Gasteiger partial charge in [-0.05, 0) is 49.8 Å². The van der Waals surface area contributed by atoms with E-state index in [2.05, 4.69) is 10.2 Å². The van der Waals surface area contributed by atoms with Crippen LogP contribution in [-0.4, -0.2) is 84.6 Å². The van der Waals surface area contributed by atoms with E-state index in [9.17, 15) is 59.6 Å². The van der Waals surface area contributed by atoms with E-state index in [1.165, 1.54) is 12.1 Å². The first-order valence-electron chi connectivity index (χ1n) is 15.6. The Bertz CT molecular complexity index is 1990. The fourth-order valence-corrected chi connectivity index (χ4v) is 5.75. The Morgan fingerprint density at radius 3 is 2.27 bits per heavy atom. The molecule has 2 heterocycles. The normalized spacial score (nSPS) is 17.7. The average molecular weight is 813 g/mol. The molecule has 1 aromatic carbocycles. The van der Waals surface area contributed by atoms with Crippen molar-refractivity contribution in [2.24, 2.45) is 0 Å². The van der Waals surface area contributed by atoms with E-state index in [1.54, 1.807) is 0 Å². The SMILES string of the molecule is C.N#CC1(N(COC(=O)O[C@@H]2CCC[C@H]2OC(=O)CCC(=O)O)C(=O)c2cc(-c3cnn(-c4n[nH]c(C(F)(F)C(F)(F)F)c4C(F)(F)F)c3)ccc2Cl)CC1. The second kappa shape index (κ2) is 15.7. The number of rotatable bonds is 12. The van der Waals surface area contributed by atoms with E-state index in [4.69, 9.17) is 30.9 Å². The first-order chi connectivity index (χ1) is 25.2. The van der Waals surface area contributed by atoms with E-state index in [0.29, 0.717) is 17.5 Å². The Labute approximate surface area is 309 Å². The molecule has 1 amide bonds. The number of benzene rings is 1. The standard InChI is InChI=1S/C31H25ClF8N6O8.CH4/c32-18-5-4-15(16-11-42-46(12-16)25-23(30(35,36)37)24(43-44-25)29(33,34)31(38,39)40)10-17(18)26(50)45(28(13-41)8-9-28)14-52-27(51)54-20-3-1-2-19(20)53-22(49)7-6-21(47)48;/h4-5,10-12,19-20H,1-3,6-9,14H2,(H,43,44)(H,47,48);1H4/t19-,20-;/m1./s1. The highest BCUT2D eigenvalue weighted by Crippen LogP contribution is 2.49. The highest BCUT2D eigenvalue weighted by atomic mass is 35.5. The van der Waals surface area contributed by atoms with Crippen LogP contribution in [0.2, 0.25) is 5.02 Å². The van der Waals surface area contributed by atoms with Crippen molar-refractivity contribution >= 4 is 35.6 Å². The third-order valence-corrected chi connectivity index (χ3v) is 8.83. The molecule has 0 saturated heterocycles. The van der Waals surface area contributed by atoms with E-state index in [-0.39, 0.29) is 48.4 Å². The zero-order valence-corrected chi connectivity index (χ0v) is 27.9. The summed E-state index contributed by atoms with van der Waals surface area (Å²) < 4.78 is 124. The van der Waals surface area contributed by atoms with Crippen LogP contribution in [-0.2, 0) is 35.9 Å². The molecule has 3 aromatic rings. The number of esters is 1. The quantitative estimate of drug-likeness (QED) is 0.107. The zero-order valence-electron chi connectivity index (χ0n) is 27.1. The number of carbonyl (C=O) groups is 4. The molecule has 2 saturated carbocycles. The Hall–Kier alpha value is -5.46. The lowest BCUT2D eigenvalue weighted by Crippen LogP contribution is -2.44. The number of halogens is 9. The number of aliphatic carboxylic acids is 1. The Balaban J connectivity index is 0.00000673. The summed E-state index contributed by atoms with van der Waals surface area (Å²) in [4.78, 5) is 50.1. The van der Waals surface area contributed by atoms with Crippen LogP contribution in [0.25, 0.3) is 16.9 Å². The molecular formula is C32H29ClF8N6O8. The molecule has 2 aliphatic carbocycles. The summed E-state index contributed by atoms with van der Waals surface area (Å²) in [6, 6.07) is 5.57. The van der Waals surface area contributed by atoms with Gasteiger partial charge in [0.05, 0.1) is 35.7 Å². The minimum atomic E-state index is -6.40. The minimum Gasteiger partial charge on any atom is -0.481 e. The summed E-state index contributed by atoms with van der Waals surface area (Å²) in [6.45, 7) is -0.830. The van der Waals surface area contributed by atoms with Crippen LogP contribution in [0.3, 0.4) is 0 Å². The number of ether oxygens (including phenoxy) is 3. The van der Waals surface area contributed by atoms with Gasteiger partial charge in [0.2, 0.25) is 0 Å². The number of aromatic nitrogens is 4. The summed E-state index contributed by atoms with van der Waals surface area (Å²) in [5, 5.41) is 26.2. The van der Waals surface area contributed by atoms with Gasteiger partial charge < -0.3 is 19.3 Å². The van der Waals surface area contributed by atoms with Crippen molar-refractivity contribution in [3.8, 4) is 23.0 Å². The molecule has 2 aromatic heterocycles. The summed E-state index contributed by atoms with van der Waals surface area (Å²) in [5.41, 5.74) is -6.76. The molecule has 2 fully saturated rings. The van der Waals surface area contributed by atoms with E-state index < -0.39 is 96.7 Å². The molecule has 0 bridgehead atoms. The molecular weight excluding hydrogens is 784 g/mol. The molecule has 2 aliphatic rings. The highest BCUT2D eigenvalue weighted by Gasteiger charge is 2.63. The second-order valence-electron chi connectivity index (χ2n) is 12.1. The van der Waals surface area contributed by atoms with Crippen molar-refractivity contribution in [2.45, 2.75) is 88.4 Å². The van der Waals surface area contributed by atoms with E-state index >= 15 is 0 Å². The fraction of sp³-hybridized carbons (Fsp3) is 0.469. The molecule has 0 aliphatic heterocycles. The molecule has 55 heavy (non-hydrogen) atoms. The third kappa shape index (κ3) is 8.92. The number of carboxylic acid groups (broad SMARTS) is 1. The van der Waals surface area contributed by atoms with Crippen molar-refractivity contribution in [3.05, 3.63) is 52.4 Å². The Kier molecular flexibility index (Phi) is 12.1. The van der Waals surface area contributed by atoms with E-state index in [1.807, 2.05) is 6.07 Å². The number of hydrogen-bond acceptors (Lipinski definition) is 10. The van der Waals surface area contributed by atoms with Gasteiger partial charge in [0.25, 0.3) is 5.91 Å². The lowest BCUT2D eigenvalue weighted by atomic mass is 10.0. The average Bonchev–Trinajstić information content (AvgIpc) is 3.40. The van der Waals surface area contributed by atoms with Crippen LogP contribution >= 0.6 is 11.6 Å². The highest BCUT2D eigenvalue weighted by molar-refractivity contribution is 6.34. The molecule has 2 N–H and O–H groups in total. The van der Waals surface area contributed by atoms with Crippen molar-refractivity contribution in [3.63, 3.8) is 0 Å². The van der Waals surface area contributed by atoms with Crippen LogP contribution in [0.5, 0.6) is 0 Å². The smallest absolute Gasteiger partial charge is 0.481 e. The van der Waals surface area contributed by atoms with Gasteiger partial charge in [-0.3, -0.25) is 24.4 Å². The van der Waals surface area contributed by atoms with E-state index in [0.717, 1.165) is 28.5 Å². The first kappa shape index (κ1) is 42.3. The van der Waals surface area contributed by atoms with Crippen LogP contribution < -0.4 is 0 Å². The maximum atomic E-state index is 14.0. The largest absolute Gasteiger partial charge is 0.510 e. The molecule has 14 nitrogen and oxygen atoms in total. The van der Waals surface area contributed by atoms with Crippen LogP contribution in [0.1, 0.15) is 74.0 Å². The van der Waals surface area contributed by atoms with Crippen LogP contribution in [0.4, 0.5) is 39.9 Å². The number of nitrogens with zero attached hydrogens (tertiary/aromatic N) is 5. The molecule has 0 unspecified atom stereocenters. The van der Waals surface area contributed by atoms with Crippen molar-refractivity contribution < 1.29 is 73.6 Å². The van der Waals surface area contributed by atoms with Gasteiger partial charge in [0, 0.05) is 11.8 Å². The maximum absolute atomic E-state index is 14.0. The number of aromatic amines is 1. The molecule has 5 rings (SSSR count). The predicted octanol–water partition coefficient (Wildman–Crippen LogP) is 7.16. The first-order valence-corrected chi connectivity index (χ1v) is 16.0. The van der Waals surface area contributed by atoms with Gasteiger partial charge in [0.1, 0.15) is 29.0 Å². The number of carbonyl (C=O) groups excluding carboxylic acids is 3. The van der Waals surface area contributed by atoms with Crippen LogP contribution in [0.15, 0.2) is 30.6 Å². The lowest BCUT2D eigenvalue weighted by molar-refractivity contribution is -0.292.